The monoisotopic (exact) mass is 416 g/mol. The molecule has 1 aromatic heterocycles. The Hall–Kier alpha value is -3.38. The molecule has 3 aromatic rings. The minimum Gasteiger partial charge on any atom is -0.495 e. The van der Waals surface area contributed by atoms with Gasteiger partial charge in [0.15, 0.2) is 0 Å². The van der Waals surface area contributed by atoms with Crippen molar-refractivity contribution in [2.24, 2.45) is 0 Å². The number of amides is 1. The number of hydrogen-bond donors (Lipinski definition) is 1. The van der Waals surface area contributed by atoms with Gasteiger partial charge in [0.2, 0.25) is 0 Å². The zero-order chi connectivity index (χ0) is 21.5. The minimum absolute atomic E-state index is 0.0632. The fourth-order valence-electron chi connectivity index (χ4n) is 3.89. The van der Waals surface area contributed by atoms with Crippen molar-refractivity contribution in [3.05, 3.63) is 89.7 Å². The number of rotatable bonds is 7. The maximum Gasteiger partial charge on any atom is 0.251 e. The smallest absolute Gasteiger partial charge is 0.251 e. The normalized spacial score (nSPS) is 14.3. The van der Waals surface area contributed by atoms with Gasteiger partial charge in [-0.2, -0.15) is 0 Å². The highest BCUT2D eigenvalue weighted by atomic mass is 16.5. The number of hydrogen-bond acceptors (Lipinski definition) is 5. The fourth-order valence-corrected chi connectivity index (χ4v) is 3.89. The topological polar surface area (TPSA) is 57.7 Å². The Morgan fingerprint density at radius 1 is 1.00 bits per heavy atom. The van der Waals surface area contributed by atoms with Gasteiger partial charge in [-0.15, -0.1) is 0 Å². The summed E-state index contributed by atoms with van der Waals surface area (Å²) in [6, 6.07) is 19.9. The van der Waals surface area contributed by atoms with Gasteiger partial charge >= 0.3 is 0 Å². The summed E-state index contributed by atoms with van der Waals surface area (Å²) in [6.45, 7) is 5.15. The number of benzene rings is 2. The number of nitrogens with zero attached hydrogens (tertiary/aromatic N) is 3. The van der Waals surface area contributed by atoms with Crippen molar-refractivity contribution in [1.82, 2.24) is 15.2 Å². The molecule has 0 radical (unpaired) electrons. The molecule has 6 heteroatoms. The second kappa shape index (κ2) is 10.1. The Morgan fingerprint density at radius 3 is 2.58 bits per heavy atom. The summed E-state index contributed by atoms with van der Waals surface area (Å²) in [5.74, 6) is 0.854. The van der Waals surface area contributed by atoms with Crippen LogP contribution in [0.1, 0.15) is 21.5 Å². The van der Waals surface area contributed by atoms with Crippen LogP contribution in [0.4, 0.5) is 5.69 Å². The van der Waals surface area contributed by atoms with Gasteiger partial charge in [0.25, 0.3) is 5.91 Å². The summed E-state index contributed by atoms with van der Waals surface area (Å²) < 4.78 is 5.51. The molecule has 1 saturated heterocycles. The number of piperazine rings is 1. The Kier molecular flexibility index (Phi) is 6.79. The summed E-state index contributed by atoms with van der Waals surface area (Å²) in [4.78, 5) is 21.4. The third kappa shape index (κ3) is 5.41. The van der Waals surface area contributed by atoms with Crippen LogP contribution >= 0.6 is 0 Å². The maximum absolute atomic E-state index is 12.6. The molecule has 2 heterocycles. The number of methoxy groups -OCH3 is 1. The van der Waals surface area contributed by atoms with Crippen LogP contribution in [0.25, 0.3) is 0 Å². The highest BCUT2D eigenvalue weighted by Gasteiger charge is 2.19. The fraction of sp³-hybridized carbons (Fsp3) is 0.280. The van der Waals surface area contributed by atoms with E-state index in [-0.39, 0.29) is 5.91 Å². The van der Waals surface area contributed by atoms with Crippen LogP contribution in [-0.4, -0.2) is 49.1 Å². The van der Waals surface area contributed by atoms with E-state index in [2.05, 4.69) is 38.3 Å². The highest BCUT2D eigenvalue weighted by Crippen LogP contribution is 2.28. The van der Waals surface area contributed by atoms with E-state index in [0.717, 1.165) is 55.3 Å². The largest absolute Gasteiger partial charge is 0.495 e. The first kappa shape index (κ1) is 20.9. The average Bonchev–Trinajstić information content (AvgIpc) is 2.84. The van der Waals surface area contributed by atoms with E-state index in [0.29, 0.717) is 12.1 Å². The van der Waals surface area contributed by atoms with Crippen molar-refractivity contribution in [3.8, 4) is 5.75 Å². The summed E-state index contributed by atoms with van der Waals surface area (Å²) in [6.07, 6.45) is 3.49. The number of aromatic nitrogens is 1. The van der Waals surface area contributed by atoms with Crippen molar-refractivity contribution < 1.29 is 9.53 Å². The third-order valence-corrected chi connectivity index (χ3v) is 5.57. The van der Waals surface area contributed by atoms with Crippen molar-refractivity contribution in [2.45, 2.75) is 13.1 Å². The van der Waals surface area contributed by atoms with E-state index in [4.69, 9.17) is 4.74 Å². The Labute approximate surface area is 183 Å². The molecule has 1 fully saturated rings. The van der Waals surface area contributed by atoms with Crippen LogP contribution in [0, 0.1) is 0 Å². The first-order chi connectivity index (χ1) is 15.2. The van der Waals surface area contributed by atoms with Crippen LogP contribution in [0.2, 0.25) is 0 Å². The van der Waals surface area contributed by atoms with E-state index >= 15 is 0 Å². The molecular weight excluding hydrogens is 388 g/mol. The van der Waals surface area contributed by atoms with Gasteiger partial charge in [0, 0.05) is 57.2 Å². The number of nitrogens with one attached hydrogen (secondary N) is 1. The van der Waals surface area contributed by atoms with Crippen molar-refractivity contribution in [2.75, 3.05) is 38.2 Å². The molecule has 1 aliphatic rings. The summed E-state index contributed by atoms with van der Waals surface area (Å²) in [5.41, 5.74) is 3.98. The molecule has 1 N–H and O–H groups in total. The van der Waals surface area contributed by atoms with Crippen LogP contribution < -0.4 is 15.0 Å². The summed E-state index contributed by atoms with van der Waals surface area (Å²) in [5, 5.41) is 2.97. The zero-order valence-corrected chi connectivity index (χ0v) is 17.8. The van der Waals surface area contributed by atoms with E-state index < -0.39 is 0 Å². The lowest BCUT2D eigenvalue weighted by atomic mass is 10.1. The predicted octanol–water partition coefficient (Wildman–Crippen LogP) is 3.34. The van der Waals surface area contributed by atoms with Crippen molar-refractivity contribution >= 4 is 11.6 Å². The molecular formula is C25H28N4O2. The van der Waals surface area contributed by atoms with Crippen molar-refractivity contribution in [3.63, 3.8) is 0 Å². The standard InChI is InChI=1S/C25H28N4O2/c1-31-24-10-3-2-9-23(24)29-14-12-28(13-15-29)19-20-6-4-8-22(16-20)25(30)27-18-21-7-5-11-26-17-21/h2-11,16-17H,12-15,18-19H2,1H3,(H,27,30). The van der Waals surface area contributed by atoms with Gasteiger partial charge in [0.05, 0.1) is 12.8 Å². The lowest BCUT2D eigenvalue weighted by Crippen LogP contribution is -2.46. The van der Waals surface area contributed by atoms with Gasteiger partial charge < -0.3 is 15.0 Å². The molecule has 0 bridgehead atoms. The molecule has 2 aromatic carbocycles. The van der Waals surface area contributed by atoms with Crippen LogP contribution in [0.15, 0.2) is 73.1 Å². The van der Waals surface area contributed by atoms with E-state index in [1.54, 1.807) is 19.5 Å². The molecule has 0 unspecified atom stereocenters. The maximum atomic E-state index is 12.6. The third-order valence-electron chi connectivity index (χ3n) is 5.57. The molecule has 6 nitrogen and oxygen atoms in total. The number of carbonyl (C=O) groups is 1. The highest BCUT2D eigenvalue weighted by molar-refractivity contribution is 5.94. The lowest BCUT2D eigenvalue weighted by molar-refractivity contribution is 0.0950. The SMILES string of the molecule is COc1ccccc1N1CCN(Cc2cccc(C(=O)NCc3cccnc3)c2)CC1. The zero-order valence-electron chi connectivity index (χ0n) is 17.8. The van der Waals surface area contributed by atoms with E-state index in [9.17, 15) is 4.79 Å². The Balaban J connectivity index is 1.32. The van der Waals surface area contributed by atoms with Crippen LogP contribution in [0.5, 0.6) is 5.75 Å². The predicted molar refractivity (Wildman–Crippen MR) is 122 cm³/mol. The molecule has 4 rings (SSSR count). The van der Waals surface area contributed by atoms with Crippen LogP contribution in [0.3, 0.4) is 0 Å². The molecule has 31 heavy (non-hydrogen) atoms. The average molecular weight is 417 g/mol. The molecule has 0 atom stereocenters. The van der Waals surface area contributed by atoms with Crippen molar-refractivity contribution in [1.29, 1.82) is 0 Å². The number of ether oxygens (including phenoxy) is 1. The summed E-state index contributed by atoms with van der Waals surface area (Å²) >= 11 is 0. The van der Waals surface area contributed by atoms with Gasteiger partial charge in [0.1, 0.15) is 5.75 Å². The van der Waals surface area contributed by atoms with Gasteiger partial charge in [-0.05, 0) is 41.5 Å². The second-order valence-corrected chi connectivity index (χ2v) is 7.68. The van der Waals surface area contributed by atoms with Crippen LogP contribution in [-0.2, 0) is 13.1 Å². The number of anilines is 1. The Bertz CT molecular complexity index is 1000. The molecule has 1 amide bonds. The molecule has 0 saturated carbocycles. The number of carbonyl (C=O) groups excluding carboxylic acids is 1. The first-order valence-corrected chi connectivity index (χ1v) is 10.6. The minimum atomic E-state index is -0.0632. The van der Waals surface area contributed by atoms with Gasteiger partial charge in [-0.3, -0.25) is 14.7 Å². The van der Waals surface area contributed by atoms with Gasteiger partial charge in [-0.1, -0.05) is 30.3 Å². The van der Waals surface area contributed by atoms with E-state index in [1.807, 2.05) is 42.5 Å². The number of pyridine rings is 1. The molecule has 0 aliphatic carbocycles. The lowest BCUT2D eigenvalue weighted by Gasteiger charge is -2.36. The van der Waals surface area contributed by atoms with E-state index in [1.165, 1.54) is 0 Å². The second-order valence-electron chi connectivity index (χ2n) is 7.68. The Morgan fingerprint density at radius 2 is 1.81 bits per heavy atom. The first-order valence-electron chi connectivity index (χ1n) is 10.6. The summed E-state index contributed by atoms with van der Waals surface area (Å²) in [7, 11) is 1.72. The quantitative estimate of drug-likeness (QED) is 0.640. The molecule has 0 spiro atoms. The molecule has 1 aliphatic heterocycles. The number of para-hydroxylation sites is 2. The molecule has 160 valence electrons. The van der Waals surface area contributed by atoms with Gasteiger partial charge in [-0.25, -0.2) is 0 Å².